The monoisotopic (exact) mass is 300 g/mol. The Bertz CT molecular complexity index is 1040. The molecule has 1 aliphatic rings. The molecule has 4 nitrogen and oxygen atoms in total. The van der Waals surface area contributed by atoms with Gasteiger partial charge in [0.1, 0.15) is 0 Å². The van der Waals surface area contributed by atoms with E-state index in [0.29, 0.717) is 0 Å². The van der Waals surface area contributed by atoms with Gasteiger partial charge in [-0.2, -0.15) is 5.10 Å². The van der Waals surface area contributed by atoms with Crippen molar-refractivity contribution < 1.29 is 0 Å². The van der Waals surface area contributed by atoms with Gasteiger partial charge in [-0.15, -0.1) is 0 Å². The Kier molecular flexibility index (Phi) is 2.45. The molecular formula is C19H16N4. The molecule has 4 aromatic rings. The third-order valence-electron chi connectivity index (χ3n) is 4.59. The molecule has 5 rings (SSSR count). The van der Waals surface area contributed by atoms with Crippen molar-refractivity contribution in [3.8, 4) is 11.3 Å². The van der Waals surface area contributed by atoms with Gasteiger partial charge in [-0.1, -0.05) is 17.7 Å². The molecule has 0 saturated carbocycles. The van der Waals surface area contributed by atoms with Crippen LogP contribution in [-0.2, 0) is 6.42 Å². The quantitative estimate of drug-likeness (QED) is 0.449. The molecule has 0 atom stereocenters. The van der Waals surface area contributed by atoms with E-state index in [4.69, 9.17) is 0 Å². The summed E-state index contributed by atoms with van der Waals surface area (Å²) < 4.78 is 0. The minimum absolute atomic E-state index is 0.920. The number of hydrogen-bond donors (Lipinski definition) is 3. The first-order valence-electron chi connectivity index (χ1n) is 7.79. The fourth-order valence-electron chi connectivity index (χ4n) is 3.40. The first-order valence-corrected chi connectivity index (χ1v) is 7.79. The zero-order valence-corrected chi connectivity index (χ0v) is 12.8. The fourth-order valence-corrected chi connectivity index (χ4v) is 3.40. The molecule has 1 aliphatic carbocycles. The number of aromatic nitrogens is 3. The number of aromatic amines is 2. The topological polar surface area (TPSA) is 56.5 Å². The highest BCUT2D eigenvalue weighted by Gasteiger charge is 2.24. The van der Waals surface area contributed by atoms with Crippen LogP contribution in [0.3, 0.4) is 0 Å². The molecule has 2 heterocycles. The van der Waals surface area contributed by atoms with Gasteiger partial charge in [0.25, 0.3) is 0 Å². The van der Waals surface area contributed by atoms with E-state index >= 15 is 0 Å². The van der Waals surface area contributed by atoms with Crippen molar-refractivity contribution in [2.75, 3.05) is 5.32 Å². The fraction of sp³-hybridized carbons (Fsp3) is 0.105. The largest absolute Gasteiger partial charge is 0.361 e. The molecule has 0 fully saturated rings. The van der Waals surface area contributed by atoms with Crippen LogP contribution in [-0.4, -0.2) is 15.2 Å². The third kappa shape index (κ3) is 1.88. The van der Waals surface area contributed by atoms with Crippen LogP contribution in [0.2, 0.25) is 0 Å². The van der Waals surface area contributed by atoms with E-state index in [2.05, 4.69) is 69.9 Å². The molecule has 2 aromatic carbocycles. The summed E-state index contributed by atoms with van der Waals surface area (Å²) in [6.07, 6.45) is 2.88. The second-order valence-corrected chi connectivity index (χ2v) is 6.17. The predicted molar refractivity (Wildman–Crippen MR) is 93.1 cm³/mol. The third-order valence-corrected chi connectivity index (χ3v) is 4.59. The lowest BCUT2D eigenvalue weighted by molar-refractivity contribution is 1.09. The van der Waals surface area contributed by atoms with E-state index in [1.54, 1.807) is 0 Å². The highest BCUT2D eigenvalue weighted by Crippen LogP contribution is 2.39. The first kappa shape index (κ1) is 12.5. The zero-order valence-electron chi connectivity index (χ0n) is 12.8. The van der Waals surface area contributed by atoms with Crippen LogP contribution in [0.25, 0.3) is 22.2 Å². The maximum atomic E-state index is 4.49. The Morgan fingerprint density at radius 2 is 2.04 bits per heavy atom. The summed E-state index contributed by atoms with van der Waals surface area (Å²) in [5.74, 6) is 0.920. The van der Waals surface area contributed by atoms with Crippen molar-refractivity contribution in [1.82, 2.24) is 15.2 Å². The SMILES string of the molecule is Cc1ccc2c(c1)-c1[nH]nc(Nc3ccc4[nH]ccc4c3)c1C2. The smallest absolute Gasteiger partial charge is 0.156 e. The predicted octanol–water partition coefficient (Wildman–Crippen LogP) is 4.51. The maximum absolute atomic E-state index is 4.49. The standard InChI is InChI=1S/C19H16N4/c1-11-2-3-12-10-16-18(15(12)8-11)22-23-19(16)21-14-4-5-17-13(9-14)6-7-20-17/h2-9,20H,10H2,1H3,(H2,21,22,23). The lowest BCUT2D eigenvalue weighted by Crippen LogP contribution is -1.94. The van der Waals surface area contributed by atoms with Crippen molar-refractivity contribution >= 4 is 22.4 Å². The van der Waals surface area contributed by atoms with Gasteiger partial charge < -0.3 is 10.3 Å². The number of H-pyrrole nitrogens is 2. The molecule has 23 heavy (non-hydrogen) atoms. The van der Waals surface area contributed by atoms with E-state index < -0.39 is 0 Å². The van der Waals surface area contributed by atoms with Gasteiger partial charge in [0.05, 0.1) is 5.69 Å². The van der Waals surface area contributed by atoms with Crippen LogP contribution in [0.4, 0.5) is 11.5 Å². The van der Waals surface area contributed by atoms with Gasteiger partial charge in [-0.3, -0.25) is 5.10 Å². The number of nitrogens with zero attached hydrogens (tertiary/aromatic N) is 1. The van der Waals surface area contributed by atoms with Gasteiger partial charge in [-0.25, -0.2) is 0 Å². The van der Waals surface area contributed by atoms with Crippen molar-refractivity contribution in [2.45, 2.75) is 13.3 Å². The summed E-state index contributed by atoms with van der Waals surface area (Å²) in [7, 11) is 0. The minimum atomic E-state index is 0.920. The number of hydrogen-bond acceptors (Lipinski definition) is 2. The highest BCUT2D eigenvalue weighted by molar-refractivity contribution is 5.85. The Morgan fingerprint density at radius 3 is 3.00 bits per heavy atom. The summed E-state index contributed by atoms with van der Waals surface area (Å²) in [4.78, 5) is 3.21. The number of benzene rings is 2. The van der Waals surface area contributed by atoms with E-state index in [1.807, 2.05) is 6.20 Å². The van der Waals surface area contributed by atoms with Gasteiger partial charge >= 0.3 is 0 Å². The average molecular weight is 300 g/mol. The molecule has 3 N–H and O–H groups in total. The summed E-state index contributed by atoms with van der Waals surface area (Å²) in [6, 6.07) is 15.0. The van der Waals surface area contributed by atoms with Crippen molar-refractivity contribution in [2.24, 2.45) is 0 Å². The summed E-state index contributed by atoms with van der Waals surface area (Å²) in [5.41, 5.74) is 8.52. The van der Waals surface area contributed by atoms with Gasteiger partial charge in [0.2, 0.25) is 0 Å². The number of nitrogens with one attached hydrogen (secondary N) is 3. The van der Waals surface area contributed by atoms with E-state index in [9.17, 15) is 0 Å². The number of rotatable bonds is 2. The maximum Gasteiger partial charge on any atom is 0.156 e. The van der Waals surface area contributed by atoms with Crippen LogP contribution in [0, 0.1) is 6.92 Å². The molecule has 4 heteroatoms. The summed E-state index contributed by atoms with van der Waals surface area (Å²) >= 11 is 0. The Labute approximate surface area is 133 Å². The molecule has 0 radical (unpaired) electrons. The van der Waals surface area contributed by atoms with Crippen LogP contribution in [0.5, 0.6) is 0 Å². The molecule has 0 bridgehead atoms. The van der Waals surface area contributed by atoms with Crippen LogP contribution < -0.4 is 5.32 Å². The molecule has 2 aromatic heterocycles. The molecule has 0 saturated heterocycles. The summed E-state index contributed by atoms with van der Waals surface area (Å²) in [5, 5.41) is 12.3. The molecule has 0 spiro atoms. The summed E-state index contributed by atoms with van der Waals surface area (Å²) in [6.45, 7) is 2.12. The van der Waals surface area contributed by atoms with Crippen LogP contribution in [0.15, 0.2) is 48.7 Å². The highest BCUT2D eigenvalue weighted by atomic mass is 15.2. The number of aryl methyl sites for hydroxylation is 1. The zero-order chi connectivity index (χ0) is 15.4. The van der Waals surface area contributed by atoms with E-state index in [-0.39, 0.29) is 0 Å². The van der Waals surface area contributed by atoms with Crippen molar-refractivity contribution in [3.63, 3.8) is 0 Å². The molecule has 0 amide bonds. The van der Waals surface area contributed by atoms with E-state index in [1.165, 1.54) is 27.6 Å². The lowest BCUT2D eigenvalue weighted by Gasteiger charge is -2.05. The number of anilines is 2. The Hall–Kier alpha value is -3.01. The second kappa shape index (κ2) is 4.49. The number of fused-ring (bicyclic) bond motifs is 4. The lowest BCUT2D eigenvalue weighted by atomic mass is 10.1. The molecule has 0 unspecified atom stereocenters. The second-order valence-electron chi connectivity index (χ2n) is 6.17. The van der Waals surface area contributed by atoms with Gasteiger partial charge in [0, 0.05) is 40.3 Å². The minimum Gasteiger partial charge on any atom is -0.361 e. The molecule has 0 aliphatic heterocycles. The Balaban J connectivity index is 1.53. The molecule has 112 valence electrons. The van der Waals surface area contributed by atoms with Gasteiger partial charge in [-0.05, 0) is 42.8 Å². The Morgan fingerprint density at radius 1 is 1.09 bits per heavy atom. The first-order chi connectivity index (χ1) is 11.3. The van der Waals surface area contributed by atoms with Crippen molar-refractivity contribution in [1.29, 1.82) is 0 Å². The normalized spacial score (nSPS) is 12.4. The molecular weight excluding hydrogens is 284 g/mol. The average Bonchev–Trinajstić information content (AvgIpc) is 3.23. The van der Waals surface area contributed by atoms with Crippen molar-refractivity contribution in [3.05, 3.63) is 65.4 Å². The van der Waals surface area contributed by atoms with Gasteiger partial charge in [0.15, 0.2) is 5.82 Å². The van der Waals surface area contributed by atoms with Crippen LogP contribution in [0.1, 0.15) is 16.7 Å². The van der Waals surface area contributed by atoms with Crippen LogP contribution >= 0.6 is 0 Å². The van der Waals surface area contributed by atoms with E-state index in [0.717, 1.165) is 29.1 Å².